The maximum Gasteiger partial charge on any atom is 0.245 e. The average Bonchev–Trinajstić information content (AvgIpc) is 2.80. The third-order valence-corrected chi connectivity index (χ3v) is 7.99. The molecule has 2 amide bonds. The second-order valence-electron chi connectivity index (χ2n) is 8.17. The number of benzene rings is 2. The van der Waals surface area contributed by atoms with Gasteiger partial charge in [-0.15, -0.1) is 0 Å². The van der Waals surface area contributed by atoms with Gasteiger partial charge in [0.05, 0.1) is 11.6 Å². The van der Waals surface area contributed by atoms with Crippen molar-refractivity contribution in [1.29, 1.82) is 0 Å². The van der Waals surface area contributed by atoms with E-state index in [-0.39, 0.29) is 23.8 Å². The molecule has 2 aromatic carbocycles. The molecule has 2 saturated heterocycles. The van der Waals surface area contributed by atoms with Crippen LogP contribution in [0.2, 0.25) is 10.0 Å². The van der Waals surface area contributed by atoms with Gasteiger partial charge in [-0.1, -0.05) is 29.3 Å². The minimum Gasteiger partial charge on any atom is -0.338 e. The summed E-state index contributed by atoms with van der Waals surface area (Å²) in [6.45, 7) is 2.98. The van der Waals surface area contributed by atoms with Crippen LogP contribution in [0.5, 0.6) is 0 Å². The summed E-state index contributed by atoms with van der Waals surface area (Å²) < 4.78 is 30.0. The Morgan fingerprint density at radius 3 is 2.50 bits per heavy atom. The molecule has 2 aliphatic heterocycles. The molecule has 3 unspecified atom stereocenters. The van der Waals surface area contributed by atoms with Gasteiger partial charge in [-0.05, 0) is 55.7 Å². The lowest BCUT2D eigenvalue weighted by atomic mass is 9.97. The van der Waals surface area contributed by atoms with Crippen molar-refractivity contribution >= 4 is 47.0 Å². The van der Waals surface area contributed by atoms with Gasteiger partial charge in [0.15, 0.2) is 0 Å². The van der Waals surface area contributed by atoms with Gasteiger partial charge < -0.3 is 15.1 Å². The number of nitrogens with one attached hydrogen (secondary N) is 1. The zero-order valence-electron chi connectivity index (χ0n) is 18.6. The lowest BCUT2D eigenvalue weighted by molar-refractivity contribution is -0.166. The Bertz CT molecular complexity index is 1110. The van der Waals surface area contributed by atoms with Crippen LogP contribution in [0.25, 0.3) is 0 Å². The summed E-state index contributed by atoms with van der Waals surface area (Å²) in [4.78, 5) is 30.8. The molecule has 0 spiro atoms. The molecule has 0 radical (unpaired) electrons. The number of amides is 2. The highest BCUT2D eigenvalue weighted by Crippen LogP contribution is 2.38. The van der Waals surface area contributed by atoms with Crippen LogP contribution in [-0.2, 0) is 16.0 Å². The standard InChI is InChI=1S/C23H24Cl2F2N4O2S/c1-3-29-12-21-30(34-20-7-5-14(24)9-16(20)25)11-18(28-2)22(32)31(21)19(23(29)33)8-13-4-6-15(26)10-17(13)27/h4-7,9-10,18-19,21,28H,3,8,11-12H2,1-2H3. The SMILES string of the molecule is CCN1CC2N(Sc3ccc(Cl)cc3Cl)CC(NC)C(=O)N2C(Cc2ccc(F)cc2F)C1=O. The molecule has 2 fully saturated rings. The smallest absolute Gasteiger partial charge is 0.245 e. The van der Waals surface area contributed by atoms with Gasteiger partial charge in [-0.2, -0.15) is 0 Å². The van der Waals surface area contributed by atoms with Crippen LogP contribution in [0.1, 0.15) is 12.5 Å². The molecular formula is C23H24Cl2F2N4O2S. The van der Waals surface area contributed by atoms with Crippen LogP contribution >= 0.6 is 35.1 Å². The second kappa shape index (κ2) is 10.4. The molecule has 0 aromatic heterocycles. The molecule has 2 heterocycles. The number of carbonyl (C=O) groups is 2. The number of likely N-dealkylation sites (N-methyl/N-ethyl adjacent to an activating group) is 2. The van der Waals surface area contributed by atoms with Crippen molar-refractivity contribution in [3.63, 3.8) is 0 Å². The fraction of sp³-hybridized carbons (Fsp3) is 0.391. The van der Waals surface area contributed by atoms with Crippen molar-refractivity contribution in [1.82, 2.24) is 19.4 Å². The Labute approximate surface area is 211 Å². The lowest BCUT2D eigenvalue weighted by Crippen LogP contribution is -2.73. The van der Waals surface area contributed by atoms with E-state index in [9.17, 15) is 18.4 Å². The van der Waals surface area contributed by atoms with E-state index in [1.165, 1.54) is 18.0 Å². The zero-order valence-corrected chi connectivity index (χ0v) is 20.9. The maximum atomic E-state index is 14.5. The summed E-state index contributed by atoms with van der Waals surface area (Å²) in [6.07, 6.45) is -0.514. The number of halogens is 4. The van der Waals surface area contributed by atoms with E-state index in [4.69, 9.17) is 23.2 Å². The Kier molecular flexibility index (Phi) is 7.69. The maximum absolute atomic E-state index is 14.5. The topological polar surface area (TPSA) is 55.9 Å². The van der Waals surface area contributed by atoms with E-state index < -0.39 is 29.9 Å². The zero-order chi connectivity index (χ0) is 24.6. The molecule has 0 bridgehead atoms. The summed E-state index contributed by atoms with van der Waals surface area (Å²) in [7, 11) is 1.68. The van der Waals surface area contributed by atoms with Gasteiger partial charge in [0.1, 0.15) is 29.9 Å². The summed E-state index contributed by atoms with van der Waals surface area (Å²) in [5, 5.41) is 4.01. The van der Waals surface area contributed by atoms with Crippen molar-refractivity contribution in [3.05, 3.63) is 63.6 Å². The number of nitrogens with zero attached hydrogens (tertiary/aromatic N) is 3. The largest absolute Gasteiger partial charge is 0.338 e. The summed E-state index contributed by atoms with van der Waals surface area (Å²) >= 11 is 13.8. The predicted octanol–water partition coefficient (Wildman–Crippen LogP) is 3.81. The fourth-order valence-electron chi connectivity index (χ4n) is 4.36. The van der Waals surface area contributed by atoms with E-state index in [0.29, 0.717) is 29.7 Å². The summed E-state index contributed by atoms with van der Waals surface area (Å²) in [5.74, 6) is -1.94. The lowest BCUT2D eigenvalue weighted by Gasteiger charge is -2.53. The van der Waals surface area contributed by atoms with Crippen LogP contribution in [0.15, 0.2) is 41.3 Å². The minimum atomic E-state index is -0.925. The minimum absolute atomic E-state index is 0.0552. The van der Waals surface area contributed by atoms with Gasteiger partial charge >= 0.3 is 0 Å². The van der Waals surface area contributed by atoms with Crippen LogP contribution < -0.4 is 5.32 Å². The Balaban J connectivity index is 1.71. The molecule has 0 aliphatic carbocycles. The third-order valence-electron chi connectivity index (χ3n) is 6.15. The molecule has 34 heavy (non-hydrogen) atoms. The second-order valence-corrected chi connectivity index (χ2v) is 10.1. The van der Waals surface area contributed by atoms with E-state index in [1.807, 2.05) is 11.2 Å². The number of hydrogen-bond donors (Lipinski definition) is 1. The highest BCUT2D eigenvalue weighted by molar-refractivity contribution is 7.97. The van der Waals surface area contributed by atoms with Crippen LogP contribution in [0.4, 0.5) is 8.78 Å². The molecule has 4 rings (SSSR count). The molecule has 2 aliphatic rings. The monoisotopic (exact) mass is 528 g/mol. The number of fused-ring (bicyclic) bond motifs is 1. The predicted molar refractivity (Wildman–Crippen MR) is 129 cm³/mol. The first-order valence-electron chi connectivity index (χ1n) is 10.8. The van der Waals surface area contributed by atoms with Gasteiger partial charge in [0, 0.05) is 35.5 Å². The first-order valence-corrected chi connectivity index (χ1v) is 12.4. The molecular weight excluding hydrogens is 505 g/mol. The van der Waals surface area contributed by atoms with Crippen molar-refractivity contribution in [2.45, 2.75) is 36.5 Å². The summed E-state index contributed by atoms with van der Waals surface area (Å²) in [6, 6.07) is 6.96. The normalized spacial score (nSPS) is 23.4. The molecule has 3 atom stereocenters. The molecule has 1 N–H and O–H groups in total. The number of rotatable bonds is 6. The van der Waals surface area contributed by atoms with Crippen molar-refractivity contribution in [3.8, 4) is 0 Å². The van der Waals surface area contributed by atoms with Gasteiger partial charge in [-0.3, -0.25) is 9.59 Å². The number of carbonyl (C=O) groups excluding carboxylic acids is 2. The average molecular weight is 529 g/mol. The Hall–Kier alpha value is -1.91. The van der Waals surface area contributed by atoms with Crippen LogP contribution in [0, 0.1) is 11.6 Å². The third kappa shape index (κ3) is 4.90. The van der Waals surface area contributed by atoms with Gasteiger partial charge in [0.25, 0.3) is 0 Å². The van der Waals surface area contributed by atoms with Crippen LogP contribution in [0.3, 0.4) is 0 Å². The molecule has 6 nitrogen and oxygen atoms in total. The van der Waals surface area contributed by atoms with Gasteiger partial charge in [-0.25, -0.2) is 13.1 Å². The van der Waals surface area contributed by atoms with Crippen molar-refractivity contribution < 1.29 is 18.4 Å². The van der Waals surface area contributed by atoms with Crippen molar-refractivity contribution in [2.24, 2.45) is 0 Å². The Morgan fingerprint density at radius 1 is 1.09 bits per heavy atom. The van der Waals surface area contributed by atoms with E-state index in [0.717, 1.165) is 17.0 Å². The van der Waals surface area contributed by atoms with Crippen LogP contribution in [-0.4, -0.2) is 70.9 Å². The quantitative estimate of drug-likeness (QED) is 0.577. The van der Waals surface area contributed by atoms with Gasteiger partial charge in [0.2, 0.25) is 11.8 Å². The van der Waals surface area contributed by atoms with E-state index >= 15 is 0 Å². The Morgan fingerprint density at radius 2 is 1.85 bits per heavy atom. The molecule has 11 heteroatoms. The number of piperazine rings is 1. The first kappa shape index (κ1) is 25.2. The number of hydrogen-bond acceptors (Lipinski definition) is 5. The highest BCUT2D eigenvalue weighted by atomic mass is 35.5. The summed E-state index contributed by atoms with van der Waals surface area (Å²) in [5.41, 5.74) is 0.177. The molecule has 0 saturated carbocycles. The van der Waals surface area contributed by atoms with E-state index in [2.05, 4.69) is 5.32 Å². The van der Waals surface area contributed by atoms with Crippen molar-refractivity contribution in [2.75, 3.05) is 26.7 Å². The highest BCUT2D eigenvalue weighted by Gasteiger charge is 2.50. The molecule has 182 valence electrons. The molecule has 2 aromatic rings. The van der Waals surface area contributed by atoms with E-state index in [1.54, 1.807) is 35.0 Å². The first-order chi connectivity index (χ1) is 16.2. The fourth-order valence-corrected chi connectivity index (χ4v) is 5.91.